The molecule has 0 aliphatic rings. The van der Waals surface area contributed by atoms with Crippen molar-refractivity contribution < 1.29 is 17.9 Å². The average Bonchev–Trinajstić information content (AvgIpc) is 2.65. The molecule has 0 radical (unpaired) electrons. The Balaban J connectivity index is 1.77. The van der Waals surface area contributed by atoms with Gasteiger partial charge in [0.05, 0.1) is 18.1 Å². The number of fused-ring (bicyclic) bond motifs is 1. The van der Waals surface area contributed by atoms with Gasteiger partial charge in [-0.25, -0.2) is 13.1 Å². The summed E-state index contributed by atoms with van der Waals surface area (Å²) in [5.41, 5.74) is 0.835. The first-order chi connectivity index (χ1) is 12.9. The highest BCUT2D eigenvalue weighted by molar-refractivity contribution is 7.89. The second-order valence-corrected chi connectivity index (χ2v) is 8.28. The van der Waals surface area contributed by atoms with Gasteiger partial charge in [0.2, 0.25) is 10.0 Å². The molecule has 0 amide bonds. The van der Waals surface area contributed by atoms with E-state index in [1.807, 2.05) is 56.3 Å². The molecule has 5 nitrogen and oxygen atoms in total. The fourth-order valence-corrected chi connectivity index (χ4v) is 3.81. The summed E-state index contributed by atoms with van der Waals surface area (Å²) in [4.78, 5) is 0.231. The van der Waals surface area contributed by atoms with Crippen LogP contribution in [-0.2, 0) is 16.6 Å². The van der Waals surface area contributed by atoms with Crippen molar-refractivity contribution in [3.8, 4) is 11.5 Å². The zero-order valence-electron chi connectivity index (χ0n) is 15.6. The van der Waals surface area contributed by atoms with E-state index in [9.17, 15) is 8.42 Å². The van der Waals surface area contributed by atoms with Crippen molar-refractivity contribution in [1.82, 2.24) is 4.72 Å². The van der Waals surface area contributed by atoms with E-state index in [2.05, 4.69) is 4.72 Å². The van der Waals surface area contributed by atoms with Gasteiger partial charge in [0.1, 0.15) is 11.5 Å². The monoisotopic (exact) mass is 385 g/mol. The fraction of sp³-hybridized carbons (Fsp3) is 0.238. The SMILES string of the molecule is COc1ccc2cc(S(=O)(=O)NCc3cccc(OC(C)C)c3)ccc2c1. The van der Waals surface area contributed by atoms with Crippen molar-refractivity contribution >= 4 is 20.8 Å². The minimum atomic E-state index is -3.62. The predicted molar refractivity (Wildman–Crippen MR) is 107 cm³/mol. The molecule has 0 atom stereocenters. The maximum absolute atomic E-state index is 12.7. The molecule has 142 valence electrons. The molecule has 1 N–H and O–H groups in total. The Kier molecular flexibility index (Phi) is 5.68. The summed E-state index contributed by atoms with van der Waals surface area (Å²) in [6.45, 7) is 4.09. The largest absolute Gasteiger partial charge is 0.497 e. The summed E-state index contributed by atoms with van der Waals surface area (Å²) in [7, 11) is -2.02. The first-order valence-electron chi connectivity index (χ1n) is 8.70. The zero-order chi connectivity index (χ0) is 19.4. The van der Waals surface area contributed by atoms with Gasteiger partial charge in [-0.1, -0.05) is 24.3 Å². The van der Waals surface area contributed by atoms with Gasteiger partial charge in [-0.2, -0.15) is 0 Å². The lowest BCUT2D eigenvalue weighted by molar-refractivity contribution is 0.242. The number of nitrogens with one attached hydrogen (secondary N) is 1. The molecular weight excluding hydrogens is 362 g/mol. The van der Waals surface area contributed by atoms with Crippen LogP contribution in [0.3, 0.4) is 0 Å². The van der Waals surface area contributed by atoms with E-state index in [1.165, 1.54) is 0 Å². The van der Waals surface area contributed by atoms with Crippen LogP contribution in [0.5, 0.6) is 11.5 Å². The molecule has 0 aromatic heterocycles. The summed E-state index contributed by atoms with van der Waals surface area (Å²) >= 11 is 0. The van der Waals surface area contributed by atoms with Crippen LogP contribution in [0.4, 0.5) is 0 Å². The van der Waals surface area contributed by atoms with Gasteiger partial charge < -0.3 is 9.47 Å². The maximum atomic E-state index is 12.7. The molecule has 0 saturated heterocycles. The smallest absolute Gasteiger partial charge is 0.240 e. The van der Waals surface area contributed by atoms with Gasteiger partial charge in [0.25, 0.3) is 0 Å². The number of benzene rings is 3. The highest BCUT2D eigenvalue weighted by atomic mass is 32.2. The Morgan fingerprint density at radius 3 is 2.41 bits per heavy atom. The number of hydrogen-bond acceptors (Lipinski definition) is 4. The minimum Gasteiger partial charge on any atom is -0.497 e. The van der Waals surface area contributed by atoms with Crippen LogP contribution in [0, 0.1) is 0 Å². The first-order valence-corrected chi connectivity index (χ1v) is 10.2. The molecule has 27 heavy (non-hydrogen) atoms. The van der Waals surface area contributed by atoms with Gasteiger partial charge in [0, 0.05) is 6.54 Å². The Morgan fingerprint density at radius 2 is 1.67 bits per heavy atom. The van der Waals surface area contributed by atoms with Crippen molar-refractivity contribution in [2.45, 2.75) is 31.4 Å². The molecule has 3 rings (SSSR count). The first kappa shape index (κ1) is 19.2. The van der Waals surface area contributed by atoms with Crippen LogP contribution in [0.1, 0.15) is 19.4 Å². The van der Waals surface area contributed by atoms with Gasteiger partial charge in [-0.05, 0) is 66.6 Å². The lowest BCUT2D eigenvalue weighted by Crippen LogP contribution is -2.23. The summed E-state index contributed by atoms with van der Waals surface area (Å²) < 4.78 is 38.8. The number of ether oxygens (including phenoxy) is 2. The van der Waals surface area contributed by atoms with Crippen LogP contribution >= 0.6 is 0 Å². The number of sulfonamides is 1. The van der Waals surface area contributed by atoms with Gasteiger partial charge in [0.15, 0.2) is 0 Å². The van der Waals surface area contributed by atoms with Crippen LogP contribution < -0.4 is 14.2 Å². The molecule has 0 saturated carbocycles. The number of hydrogen-bond donors (Lipinski definition) is 1. The molecule has 3 aromatic rings. The van der Waals surface area contributed by atoms with E-state index >= 15 is 0 Å². The highest BCUT2D eigenvalue weighted by Gasteiger charge is 2.14. The van der Waals surface area contributed by atoms with Crippen LogP contribution in [-0.4, -0.2) is 21.6 Å². The Bertz CT molecular complexity index is 1040. The maximum Gasteiger partial charge on any atom is 0.240 e. The zero-order valence-corrected chi connectivity index (χ0v) is 16.4. The Hall–Kier alpha value is -2.57. The summed E-state index contributed by atoms with van der Waals surface area (Å²) in [6.07, 6.45) is 0.0631. The van der Waals surface area contributed by atoms with E-state index in [1.54, 1.807) is 25.3 Å². The Labute approximate surface area is 160 Å². The molecule has 0 aliphatic heterocycles. The summed E-state index contributed by atoms with van der Waals surface area (Å²) in [6, 6.07) is 18.0. The van der Waals surface area contributed by atoms with E-state index < -0.39 is 10.0 Å². The predicted octanol–water partition coefficient (Wildman–Crippen LogP) is 4.11. The Morgan fingerprint density at radius 1 is 0.926 bits per heavy atom. The number of methoxy groups -OCH3 is 1. The van der Waals surface area contributed by atoms with Crippen molar-refractivity contribution in [3.05, 3.63) is 66.2 Å². The summed E-state index contributed by atoms with van der Waals surface area (Å²) in [5, 5.41) is 1.76. The topological polar surface area (TPSA) is 64.6 Å². The van der Waals surface area contributed by atoms with Gasteiger partial charge in [-0.3, -0.25) is 0 Å². The van der Waals surface area contributed by atoms with E-state index in [-0.39, 0.29) is 17.5 Å². The molecule has 0 heterocycles. The van der Waals surface area contributed by atoms with E-state index in [0.717, 1.165) is 27.8 Å². The molecule has 0 spiro atoms. The van der Waals surface area contributed by atoms with Gasteiger partial charge in [-0.15, -0.1) is 0 Å². The normalized spacial score (nSPS) is 11.7. The highest BCUT2D eigenvalue weighted by Crippen LogP contribution is 2.24. The van der Waals surface area contributed by atoms with Crippen LogP contribution in [0.15, 0.2) is 65.6 Å². The standard InChI is InChI=1S/C21H23NO4S/c1-15(2)26-20-6-4-5-16(11-20)14-22-27(23,24)21-10-8-17-12-19(25-3)9-7-18(17)13-21/h4-13,15,22H,14H2,1-3H3. The van der Waals surface area contributed by atoms with E-state index in [4.69, 9.17) is 9.47 Å². The quantitative estimate of drug-likeness (QED) is 0.665. The molecule has 0 aliphatic carbocycles. The second kappa shape index (κ2) is 7.98. The molecular formula is C21H23NO4S. The van der Waals surface area contributed by atoms with Crippen LogP contribution in [0.2, 0.25) is 0 Å². The second-order valence-electron chi connectivity index (χ2n) is 6.51. The van der Waals surface area contributed by atoms with Gasteiger partial charge >= 0.3 is 0 Å². The van der Waals surface area contributed by atoms with Crippen molar-refractivity contribution in [2.75, 3.05) is 7.11 Å². The van der Waals surface area contributed by atoms with Crippen molar-refractivity contribution in [1.29, 1.82) is 0 Å². The molecule has 0 bridgehead atoms. The van der Waals surface area contributed by atoms with E-state index in [0.29, 0.717) is 0 Å². The third kappa shape index (κ3) is 4.78. The lowest BCUT2D eigenvalue weighted by atomic mass is 10.1. The lowest BCUT2D eigenvalue weighted by Gasteiger charge is -2.12. The average molecular weight is 385 g/mol. The molecule has 3 aromatic carbocycles. The number of rotatable bonds is 7. The minimum absolute atomic E-state index is 0.0631. The fourth-order valence-electron chi connectivity index (χ4n) is 2.76. The molecule has 0 unspecified atom stereocenters. The van der Waals surface area contributed by atoms with Crippen molar-refractivity contribution in [3.63, 3.8) is 0 Å². The van der Waals surface area contributed by atoms with Crippen LogP contribution in [0.25, 0.3) is 10.8 Å². The third-order valence-electron chi connectivity index (χ3n) is 4.07. The molecule has 6 heteroatoms. The third-order valence-corrected chi connectivity index (χ3v) is 5.46. The summed E-state index contributed by atoms with van der Waals surface area (Å²) in [5.74, 6) is 1.46. The molecule has 0 fully saturated rings. The van der Waals surface area contributed by atoms with Crippen molar-refractivity contribution in [2.24, 2.45) is 0 Å².